The number of nitrogens with zero attached hydrogens (tertiary/aromatic N) is 4. The number of methoxy groups -OCH3 is 1. The summed E-state index contributed by atoms with van der Waals surface area (Å²) in [6, 6.07) is 7.62. The minimum atomic E-state index is -1.02. The summed E-state index contributed by atoms with van der Waals surface area (Å²) < 4.78 is 14.5. The standard InChI is InChI=1S/C34H39ClN4O5S/c1-19-14-24(31-30(36-19)26(17-45-31)33(41)42)23-15-21(35)6-9-28(23)44-13-12-39-20(2)37-27-8-7-22(16-25(27)32(39)40)38-11-10-29(43-5)34(3,4)18-38/h6,9,14-15,17,22,29H,7-8,10-13,16,18H2,1-5H3,(H,41,42)/t22-,29-/m0/s1. The minimum absolute atomic E-state index is 0.0134. The van der Waals surface area contributed by atoms with E-state index in [1.165, 1.54) is 11.3 Å². The second-order valence-electron chi connectivity index (χ2n) is 12.8. The van der Waals surface area contributed by atoms with Crippen molar-refractivity contribution in [1.82, 2.24) is 19.4 Å². The van der Waals surface area contributed by atoms with Gasteiger partial charge in [0.1, 0.15) is 18.2 Å². The van der Waals surface area contributed by atoms with Crippen LogP contribution in [-0.2, 0) is 24.1 Å². The average molecular weight is 651 g/mol. The van der Waals surface area contributed by atoms with Crippen molar-refractivity contribution in [2.75, 3.05) is 26.8 Å². The number of likely N-dealkylation sites (tertiary alicyclic amines) is 1. The van der Waals surface area contributed by atoms with Crippen molar-refractivity contribution in [2.45, 2.75) is 72.1 Å². The molecule has 0 spiro atoms. The first-order valence-corrected chi connectivity index (χ1v) is 16.6. The molecule has 0 bridgehead atoms. The summed E-state index contributed by atoms with van der Waals surface area (Å²) >= 11 is 7.76. The van der Waals surface area contributed by atoms with Gasteiger partial charge >= 0.3 is 5.97 Å². The maximum atomic E-state index is 13.9. The van der Waals surface area contributed by atoms with Gasteiger partial charge in [0.2, 0.25) is 0 Å². The van der Waals surface area contributed by atoms with Crippen molar-refractivity contribution < 1.29 is 19.4 Å². The van der Waals surface area contributed by atoms with Crippen molar-refractivity contribution >= 4 is 39.1 Å². The Kier molecular flexibility index (Phi) is 8.78. The van der Waals surface area contributed by atoms with Crippen LogP contribution in [0.2, 0.25) is 5.02 Å². The SMILES string of the molecule is CO[C@H]1CCN([C@H]2CCc3nc(C)n(CCOc4ccc(Cl)cc4-c4cc(C)nc5c(C(=O)O)csc45)c(=O)c3C2)CC1(C)C. The van der Waals surface area contributed by atoms with Crippen molar-refractivity contribution in [2.24, 2.45) is 5.41 Å². The van der Waals surface area contributed by atoms with Gasteiger partial charge in [-0.25, -0.2) is 9.78 Å². The Balaban J connectivity index is 1.23. The van der Waals surface area contributed by atoms with Gasteiger partial charge in [0.15, 0.2) is 0 Å². The summed E-state index contributed by atoms with van der Waals surface area (Å²) in [4.78, 5) is 37.6. The van der Waals surface area contributed by atoms with Crippen molar-refractivity contribution in [1.29, 1.82) is 0 Å². The highest BCUT2D eigenvalue weighted by Gasteiger charge is 2.39. The van der Waals surface area contributed by atoms with Gasteiger partial charge in [-0.3, -0.25) is 19.2 Å². The topological polar surface area (TPSA) is 107 Å². The number of aryl methyl sites for hydroxylation is 3. The first kappa shape index (κ1) is 31.7. The Morgan fingerprint density at radius 1 is 1.18 bits per heavy atom. The molecule has 238 valence electrons. The van der Waals surface area contributed by atoms with E-state index in [4.69, 9.17) is 26.1 Å². The third-order valence-corrected chi connectivity index (χ3v) is 10.6. The number of halogens is 1. The molecule has 0 unspecified atom stereocenters. The molecule has 4 heterocycles. The van der Waals surface area contributed by atoms with Gasteiger partial charge in [0.05, 0.1) is 34.1 Å². The number of pyridine rings is 1. The number of carbonyl (C=O) groups is 1. The summed E-state index contributed by atoms with van der Waals surface area (Å²) in [5, 5.41) is 11.8. The highest BCUT2D eigenvalue weighted by molar-refractivity contribution is 7.18. The number of carboxylic acid groups (broad SMARTS) is 1. The van der Waals surface area contributed by atoms with Crippen LogP contribution in [0.15, 0.2) is 34.4 Å². The molecule has 1 aliphatic heterocycles. The highest BCUT2D eigenvalue weighted by Crippen LogP contribution is 2.40. The predicted octanol–water partition coefficient (Wildman–Crippen LogP) is 6.17. The molecule has 11 heteroatoms. The van der Waals surface area contributed by atoms with Crippen LogP contribution >= 0.6 is 22.9 Å². The first-order valence-electron chi connectivity index (χ1n) is 15.4. The van der Waals surface area contributed by atoms with Crippen molar-refractivity contribution in [3.8, 4) is 16.9 Å². The summed E-state index contributed by atoms with van der Waals surface area (Å²) in [5.74, 6) is 0.263. The number of thiophene rings is 1. The normalized spacial score (nSPS) is 19.9. The predicted molar refractivity (Wildman–Crippen MR) is 177 cm³/mol. The number of ether oxygens (including phenoxy) is 2. The van der Waals surface area contributed by atoms with Crippen LogP contribution < -0.4 is 10.3 Å². The number of benzene rings is 1. The molecule has 6 rings (SSSR count). The number of fused-ring (bicyclic) bond motifs is 2. The molecule has 45 heavy (non-hydrogen) atoms. The van der Waals surface area contributed by atoms with Crippen LogP contribution in [0.1, 0.15) is 59.8 Å². The largest absolute Gasteiger partial charge is 0.491 e. The van der Waals surface area contributed by atoms with Crippen molar-refractivity contribution in [3.05, 3.63) is 73.4 Å². The van der Waals surface area contributed by atoms with E-state index in [0.717, 1.165) is 59.4 Å². The number of aromatic carboxylic acids is 1. The number of carboxylic acids is 1. The molecule has 1 N–H and O–H groups in total. The number of hydrogen-bond acceptors (Lipinski definition) is 8. The third kappa shape index (κ3) is 6.13. The Morgan fingerprint density at radius 3 is 2.71 bits per heavy atom. The summed E-state index contributed by atoms with van der Waals surface area (Å²) in [6.45, 7) is 10.8. The number of piperidine rings is 1. The van der Waals surface area contributed by atoms with E-state index in [1.807, 2.05) is 32.0 Å². The van der Waals surface area contributed by atoms with E-state index in [2.05, 4.69) is 23.7 Å². The maximum Gasteiger partial charge on any atom is 0.338 e. The van der Waals surface area contributed by atoms with Crippen LogP contribution in [0.5, 0.6) is 5.75 Å². The van der Waals surface area contributed by atoms with Crippen LogP contribution in [-0.4, -0.2) is 69.5 Å². The second-order valence-corrected chi connectivity index (χ2v) is 14.2. The zero-order valence-corrected chi connectivity index (χ0v) is 27.9. The van der Waals surface area contributed by atoms with Crippen LogP contribution in [0.25, 0.3) is 21.3 Å². The lowest BCUT2D eigenvalue weighted by molar-refractivity contribution is -0.0630. The quantitative estimate of drug-likeness (QED) is 0.241. The third-order valence-electron chi connectivity index (χ3n) is 9.34. The van der Waals surface area contributed by atoms with Gasteiger partial charge in [-0.2, -0.15) is 0 Å². The van der Waals surface area contributed by atoms with Gasteiger partial charge in [-0.05, 0) is 63.8 Å². The zero-order valence-electron chi connectivity index (χ0n) is 26.4. The zero-order chi connectivity index (χ0) is 32.0. The van der Waals surface area contributed by atoms with E-state index >= 15 is 0 Å². The average Bonchev–Trinajstić information content (AvgIpc) is 3.42. The van der Waals surface area contributed by atoms with Crippen molar-refractivity contribution in [3.63, 3.8) is 0 Å². The molecule has 0 saturated carbocycles. The molecule has 2 aliphatic rings. The minimum Gasteiger partial charge on any atom is -0.491 e. The Morgan fingerprint density at radius 2 is 1.98 bits per heavy atom. The molecule has 1 fully saturated rings. The second kappa shape index (κ2) is 12.5. The molecule has 0 radical (unpaired) electrons. The van der Waals surface area contributed by atoms with Gasteiger partial charge < -0.3 is 14.6 Å². The lowest BCUT2D eigenvalue weighted by atomic mass is 9.79. The Labute approximate surface area is 271 Å². The smallest absolute Gasteiger partial charge is 0.338 e. The maximum absolute atomic E-state index is 13.9. The van der Waals surface area contributed by atoms with Gasteiger partial charge in [-0.1, -0.05) is 25.4 Å². The number of hydrogen-bond donors (Lipinski definition) is 1. The monoisotopic (exact) mass is 650 g/mol. The van der Waals surface area contributed by atoms with Gasteiger partial charge in [0, 0.05) is 64.4 Å². The van der Waals surface area contributed by atoms with E-state index in [-0.39, 0.29) is 29.2 Å². The summed E-state index contributed by atoms with van der Waals surface area (Å²) in [6.07, 6.45) is 3.74. The fourth-order valence-electron chi connectivity index (χ4n) is 7.09. The van der Waals surface area contributed by atoms with Crippen LogP contribution in [0.4, 0.5) is 0 Å². The van der Waals surface area contributed by atoms with Crippen LogP contribution in [0, 0.1) is 19.3 Å². The first-order chi connectivity index (χ1) is 21.5. The highest BCUT2D eigenvalue weighted by atomic mass is 35.5. The van der Waals surface area contributed by atoms with E-state index in [9.17, 15) is 14.7 Å². The van der Waals surface area contributed by atoms with Crippen LogP contribution in [0.3, 0.4) is 0 Å². The fraction of sp³-hybridized carbons (Fsp3) is 0.471. The van der Waals surface area contributed by atoms with E-state index in [1.54, 1.807) is 23.1 Å². The fourth-order valence-corrected chi connectivity index (χ4v) is 8.27. The molecular formula is C34H39ClN4O5S. The molecule has 1 saturated heterocycles. The molecule has 0 amide bonds. The molecule has 3 aromatic heterocycles. The number of rotatable bonds is 8. The molecule has 1 aliphatic carbocycles. The molecule has 2 atom stereocenters. The van der Waals surface area contributed by atoms with E-state index < -0.39 is 5.97 Å². The summed E-state index contributed by atoms with van der Waals surface area (Å²) in [7, 11) is 1.80. The molecule has 9 nitrogen and oxygen atoms in total. The summed E-state index contributed by atoms with van der Waals surface area (Å²) in [5.41, 5.74) is 4.66. The van der Waals surface area contributed by atoms with Gasteiger partial charge in [0.25, 0.3) is 5.56 Å². The number of aromatic nitrogens is 3. The van der Waals surface area contributed by atoms with Gasteiger partial charge in [-0.15, -0.1) is 11.3 Å². The molecule has 1 aromatic carbocycles. The van der Waals surface area contributed by atoms with E-state index in [0.29, 0.717) is 46.8 Å². The molecular weight excluding hydrogens is 612 g/mol. The Bertz CT molecular complexity index is 1830. The lowest BCUT2D eigenvalue weighted by Gasteiger charge is -2.47. The lowest BCUT2D eigenvalue weighted by Crippen LogP contribution is -2.54. The Hall–Kier alpha value is -3.31. The molecule has 4 aromatic rings.